The molecule has 6 nitrogen and oxygen atoms in total. The summed E-state index contributed by atoms with van der Waals surface area (Å²) in [6.07, 6.45) is -1.54. The van der Waals surface area contributed by atoms with Crippen molar-refractivity contribution in [2.45, 2.75) is 19.4 Å². The van der Waals surface area contributed by atoms with Gasteiger partial charge in [0.1, 0.15) is 0 Å². The maximum atomic E-state index is 11.0. The number of carbonyl (C=O) groups is 1. The van der Waals surface area contributed by atoms with Gasteiger partial charge < -0.3 is 5.11 Å². The zero-order valence-corrected chi connectivity index (χ0v) is 7.24. The summed E-state index contributed by atoms with van der Waals surface area (Å²) in [4.78, 5) is 10.3. The van der Waals surface area contributed by atoms with Crippen LogP contribution in [0.4, 0.5) is 4.79 Å². The lowest BCUT2D eigenvalue weighted by atomic mass is 10.3. The van der Waals surface area contributed by atoms with E-state index in [1.165, 1.54) is 0 Å². The summed E-state index contributed by atoms with van der Waals surface area (Å²) in [5, 5.41) is 8.43. The summed E-state index contributed by atoms with van der Waals surface area (Å²) in [6, 6.07) is 0. The number of amides is 1. The maximum absolute atomic E-state index is 11.0. The average molecular weight is 195 g/mol. The number of nitrogens with zero attached hydrogens (tertiary/aromatic N) is 1. The van der Waals surface area contributed by atoms with Crippen LogP contribution >= 0.6 is 0 Å². The van der Waals surface area contributed by atoms with E-state index in [2.05, 4.69) is 4.18 Å². The predicted octanol–water partition coefficient (Wildman–Crippen LogP) is 0.0200. The second-order valence-corrected chi connectivity index (χ2v) is 4.00. The summed E-state index contributed by atoms with van der Waals surface area (Å²) in [7, 11) is -4.04. The highest BCUT2D eigenvalue weighted by Crippen LogP contribution is 2.16. The Balaban J connectivity index is 2.86. The lowest BCUT2D eigenvalue weighted by Crippen LogP contribution is -2.44. The molecule has 1 amide bonds. The molecule has 0 radical (unpaired) electrons. The van der Waals surface area contributed by atoms with Crippen LogP contribution in [0.5, 0.6) is 0 Å². The van der Waals surface area contributed by atoms with Gasteiger partial charge in [0.25, 0.3) is 0 Å². The fourth-order valence-corrected chi connectivity index (χ4v) is 2.05. The van der Waals surface area contributed by atoms with Crippen LogP contribution in [0.1, 0.15) is 13.3 Å². The smallest absolute Gasteiger partial charge is 0.422 e. The Labute approximate surface area is 70.0 Å². The van der Waals surface area contributed by atoms with Crippen LogP contribution < -0.4 is 0 Å². The Kier molecular flexibility index (Phi) is 2.25. The molecule has 0 aromatic heterocycles. The molecule has 0 unspecified atom stereocenters. The molecule has 1 aliphatic heterocycles. The number of carboxylic acid groups (broad SMARTS) is 1. The van der Waals surface area contributed by atoms with Crippen molar-refractivity contribution in [3.8, 4) is 0 Å². The van der Waals surface area contributed by atoms with Crippen LogP contribution in [-0.2, 0) is 14.5 Å². The molecule has 12 heavy (non-hydrogen) atoms. The zero-order chi connectivity index (χ0) is 9.35. The van der Waals surface area contributed by atoms with E-state index in [9.17, 15) is 13.2 Å². The van der Waals surface area contributed by atoms with Gasteiger partial charge in [0.2, 0.25) is 0 Å². The molecule has 1 aliphatic rings. The van der Waals surface area contributed by atoms with E-state index in [0.29, 0.717) is 10.7 Å². The van der Waals surface area contributed by atoms with Crippen molar-refractivity contribution in [2.24, 2.45) is 0 Å². The second-order valence-electron chi connectivity index (χ2n) is 2.51. The van der Waals surface area contributed by atoms with Crippen molar-refractivity contribution < 1.29 is 22.5 Å². The van der Waals surface area contributed by atoms with Crippen LogP contribution in [0, 0.1) is 0 Å². The molecule has 7 heteroatoms. The number of hydrogen-bond acceptors (Lipinski definition) is 4. The summed E-state index contributed by atoms with van der Waals surface area (Å²) < 4.78 is 26.7. The molecule has 0 saturated carbocycles. The predicted molar refractivity (Wildman–Crippen MR) is 38.8 cm³/mol. The van der Waals surface area contributed by atoms with Gasteiger partial charge in [-0.05, 0) is 13.3 Å². The Morgan fingerprint density at radius 2 is 2.25 bits per heavy atom. The molecule has 70 valence electrons. The second kappa shape index (κ2) is 2.91. The largest absolute Gasteiger partial charge is 0.464 e. The first kappa shape index (κ1) is 9.27. The van der Waals surface area contributed by atoms with E-state index < -0.39 is 22.5 Å². The molecule has 1 N–H and O–H groups in total. The van der Waals surface area contributed by atoms with Crippen LogP contribution in [0.25, 0.3) is 0 Å². The summed E-state index contributed by atoms with van der Waals surface area (Å²) in [5.74, 6) is 0. The number of rotatable bonds is 0. The first-order chi connectivity index (χ1) is 5.43. The minimum absolute atomic E-state index is 0.0289. The molecule has 0 aromatic carbocycles. The van der Waals surface area contributed by atoms with Crippen LogP contribution in [-0.4, -0.2) is 36.6 Å². The monoisotopic (exact) mass is 195 g/mol. The fraction of sp³-hybridized carbons (Fsp3) is 0.800. The molecule has 1 heterocycles. The SMILES string of the molecule is C[C@H]1CCN(C(=O)O)S(=O)(=O)O1. The van der Waals surface area contributed by atoms with Gasteiger partial charge in [-0.1, -0.05) is 0 Å². The molecule has 0 spiro atoms. The van der Waals surface area contributed by atoms with Gasteiger partial charge in [0, 0.05) is 6.54 Å². The molecule has 1 fully saturated rings. The van der Waals surface area contributed by atoms with Crippen molar-refractivity contribution in [1.29, 1.82) is 0 Å². The lowest BCUT2D eigenvalue weighted by molar-refractivity contribution is 0.126. The van der Waals surface area contributed by atoms with Crippen molar-refractivity contribution >= 4 is 16.4 Å². The first-order valence-corrected chi connectivity index (χ1v) is 4.74. The van der Waals surface area contributed by atoms with Crippen LogP contribution in [0.15, 0.2) is 0 Å². The molecule has 0 aromatic rings. The zero-order valence-electron chi connectivity index (χ0n) is 6.43. The summed E-state index contributed by atoms with van der Waals surface area (Å²) in [6.45, 7) is 1.55. The van der Waals surface area contributed by atoms with E-state index >= 15 is 0 Å². The molecule has 0 bridgehead atoms. The highest BCUT2D eigenvalue weighted by atomic mass is 32.2. The van der Waals surface area contributed by atoms with Gasteiger partial charge in [-0.25, -0.2) is 4.79 Å². The molecular formula is C5H9NO5S. The van der Waals surface area contributed by atoms with Gasteiger partial charge in [0.15, 0.2) is 0 Å². The summed E-state index contributed by atoms with van der Waals surface area (Å²) >= 11 is 0. The number of hydrogen-bond donors (Lipinski definition) is 1. The van der Waals surface area contributed by atoms with Gasteiger partial charge >= 0.3 is 16.4 Å². The van der Waals surface area contributed by atoms with E-state index in [1.807, 2.05) is 0 Å². The molecule has 1 rings (SSSR count). The van der Waals surface area contributed by atoms with Crippen LogP contribution in [0.2, 0.25) is 0 Å². The maximum Gasteiger partial charge on any atom is 0.422 e. The standard InChI is InChI=1S/C5H9NO5S/c1-4-2-3-6(5(7)8)12(9,10)11-4/h4H,2-3H2,1H3,(H,7,8)/t4-/m0/s1. The van der Waals surface area contributed by atoms with E-state index in [-0.39, 0.29) is 6.54 Å². The summed E-state index contributed by atoms with van der Waals surface area (Å²) in [5.41, 5.74) is 0. The fourth-order valence-electron chi connectivity index (χ4n) is 0.910. The molecule has 0 aliphatic carbocycles. The third kappa shape index (κ3) is 1.67. The van der Waals surface area contributed by atoms with Gasteiger partial charge in [0.05, 0.1) is 6.10 Å². The molecule has 1 saturated heterocycles. The van der Waals surface area contributed by atoms with Gasteiger partial charge in [-0.15, -0.1) is 0 Å². The average Bonchev–Trinajstić information content (AvgIpc) is 1.82. The normalized spacial score (nSPS) is 28.4. The Morgan fingerprint density at radius 3 is 2.67 bits per heavy atom. The lowest BCUT2D eigenvalue weighted by Gasteiger charge is -2.26. The Bertz CT molecular complexity index is 284. The van der Waals surface area contributed by atoms with Crippen LogP contribution in [0.3, 0.4) is 0 Å². The third-order valence-corrected chi connectivity index (χ3v) is 2.96. The van der Waals surface area contributed by atoms with Crippen molar-refractivity contribution in [2.75, 3.05) is 6.54 Å². The van der Waals surface area contributed by atoms with Gasteiger partial charge in [-0.2, -0.15) is 12.7 Å². The Hall–Kier alpha value is -0.820. The quantitative estimate of drug-likeness (QED) is 0.589. The van der Waals surface area contributed by atoms with Gasteiger partial charge in [-0.3, -0.25) is 4.18 Å². The highest BCUT2D eigenvalue weighted by Gasteiger charge is 2.34. The van der Waals surface area contributed by atoms with Crippen molar-refractivity contribution in [3.05, 3.63) is 0 Å². The van der Waals surface area contributed by atoms with Crippen molar-refractivity contribution in [3.63, 3.8) is 0 Å². The van der Waals surface area contributed by atoms with Crippen molar-refractivity contribution in [1.82, 2.24) is 4.31 Å². The van der Waals surface area contributed by atoms with E-state index in [0.717, 1.165) is 0 Å². The minimum Gasteiger partial charge on any atom is -0.464 e. The Morgan fingerprint density at radius 1 is 1.67 bits per heavy atom. The van der Waals surface area contributed by atoms with E-state index in [1.54, 1.807) is 6.92 Å². The highest BCUT2D eigenvalue weighted by molar-refractivity contribution is 7.84. The third-order valence-electron chi connectivity index (χ3n) is 1.51. The van der Waals surface area contributed by atoms with E-state index in [4.69, 9.17) is 5.11 Å². The molecular weight excluding hydrogens is 186 g/mol. The molecule has 1 atom stereocenters. The topological polar surface area (TPSA) is 83.9 Å². The minimum atomic E-state index is -4.04. The first-order valence-electron chi connectivity index (χ1n) is 3.37.